The molecule has 0 radical (unpaired) electrons. The van der Waals surface area contributed by atoms with Crippen LogP contribution in [-0.2, 0) is 5.33 Å². The van der Waals surface area contributed by atoms with E-state index < -0.39 is 6.43 Å². The number of carbonyl (C=O) groups excluding carboxylic acids is 1. The molecule has 0 unspecified atom stereocenters. The summed E-state index contributed by atoms with van der Waals surface area (Å²) in [5, 5.41) is 0.402. The minimum Gasteiger partial charge on any atom is -0.296 e. The SMILES string of the molecule is O=Cc1ncc(CBr)c(Br)c1C(F)F. The lowest BCUT2D eigenvalue weighted by atomic mass is 10.1. The molecule has 2 nitrogen and oxygen atoms in total. The monoisotopic (exact) mass is 327 g/mol. The molecule has 0 saturated carbocycles. The van der Waals surface area contributed by atoms with Gasteiger partial charge in [-0.15, -0.1) is 0 Å². The molecule has 6 heteroatoms. The Bertz CT molecular complexity index is 357. The van der Waals surface area contributed by atoms with Crippen LogP contribution in [0.2, 0.25) is 0 Å². The molecule has 1 heterocycles. The van der Waals surface area contributed by atoms with Crippen molar-refractivity contribution in [1.29, 1.82) is 0 Å². The first kappa shape index (κ1) is 11.7. The third-order valence-corrected chi connectivity index (χ3v) is 3.17. The fourth-order valence-electron chi connectivity index (χ4n) is 0.954. The highest BCUT2D eigenvalue weighted by atomic mass is 79.9. The normalized spacial score (nSPS) is 10.6. The van der Waals surface area contributed by atoms with Gasteiger partial charge in [-0.1, -0.05) is 15.9 Å². The van der Waals surface area contributed by atoms with Gasteiger partial charge in [-0.05, 0) is 21.5 Å². The third-order valence-electron chi connectivity index (χ3n) is 1.63. The van der Waals surface area contributed by atoms with Gasteiger partial charge in [-0.3, -0.25) is 9.78 Å². The average Bonchev–Trinajstić information content (AvgIpc) is 2.16. The van der Waals surface area contributed by atoms with E-state index in [4.69, 9.17) is 0 Å². The van der Waals surface area contributed by atoms with Gasteiger partial charge in [0.25, 0.3) is 6.43 Å². The molecule has 0 aliphatic carbocycles. The molecule has 76 valence electrons. The molecule has 0 aromatic carbocycles. The molecule has 1 aromatic heterocycles. The Morgan fingerprint density at radius 1 is 1.57 bits per heavy atom. The van der Waals surface area contributed by atoms with E-state index in [1.165, 1.54) is 6.20 Å². The highest BCUT2D eigenvalue weighted by molar-refractivity contribution is 9.10. The van der Waals surface area contributed by atoms with E-state index in [1.807, 2.05) is 0 Å². The van der Waals surface area contributed by atoms with Crippen molar-refractivity contribution in [3.8, 4) is 0 Å². The Hall–Kier alpha value is -0.360. The number of carbonyl (C=O) groups is 1. The molecule has 1 rings (SSSR count). The zero-order valence-electron chi connectivity index (χ0n) is 6.81. The van der Waals surface area contributed by atoms with Gasteiger partial charge in [0.05, 0.1) is 5.56 Å². The number of aromatic nitrogens is 1. The molecular weight excluding hydrogens is 324 g/mol. The van der Waals surface area contributed by atoms with E-state index >= 15 is 0 Å². The van der Waals surface area contributed by atoms with Crippen LogP contribution in [0.5, 0.6) is 0 Å². The van der Waals surface area contributed by atoms with Crippen LogP contribution in [0.3, 0.4) is 0 Å². The summed E-state index contributed by atoms with van der Waals surface area (Å²) in [6, 6.07) is 0. The Morgan fingerprint density at radius 3 is 2.64 bits per heavy atom. The Balaban J connectivity index is 3.38. The molecule has 0 atom stereocenters. The van der Waals surface area contributed by atoms with Gasteiger partial charge in [0.1, 0.15) is 5.69 Å². The van der Waals surface area contributed by atoms with Gasteiger partial charge in [-0.25, -0.2) is 8.78 Å². The maximum Gasteiger partial charge on any atom is 0.267 e. The number of alkyl halides is 3. The van der Waals surface area contributed by atoms with Gasteiger partial charge < -0.3 is 0 Å². The summed E-state index contributed by atoms with van der Waals surface area (Å²) in [6.07, 6.45) is -1.00. The van der Waals surface area contributed by atoms with E-state index in [2.05, 4.69) is 36.8 Å². The minimum absolute atomic E-state index is 0.225. The number of halogens is 4. The van der Waals surface area contributed by atoms with E-state index in [0.29, 0.717) is 17.2 Å². The summed E-state index contributed by atoms with van der Waals surface area (Å²) in [4.78, 5) is 14.1. The van der Waals surface area contributed by atoms with Gasteiger partial charge in [-0.2, -0.15) is 0 Å². The Morgan fingerprint density at radius 2 is 2.21 bits per heavy atom. The van der Waals surface area contributed by atoms with Gasteiger partial charge in [0.2, 0.25) is 0 Å². The van der Waals surface area contributed by atoms with E-state index in [1.54, 1.807) is 0 Å². The van der Waals surface area contributed by atoms with Crippen LogP contribution in [0.15, 0.2) is 10.7 Å². The number of aldehydes is 1. The summed E-state index contributed by atoms with van der Waals surface area (Å²) in [6.45, 7) is 0. The van der Waals surface area contributed by atoms with Crippen LogP contribution < -0.4 is 0 Å². The molecule has 14 heavy (non-hydrogen) atoms. The zero-order valence-corrected chi connectivity index (χ0v) is 9.98. The molecule has 1 aromatic rings. The van der Waals surface area contributed by atoms with Crippen molar-refractivity contribution in [1.82, 2.24) is 4.98 Å². The summed E-state index contributed by atoms with van der Waals surface area (Å²) in [7, 11) is 0. The van der Waals surface area contributed by atoms with Crippen LogP contribution in [0.25, 0.3) is 0 Å². The van der Waals surface area contributed by atoms with E-state index in [9.17, 15) is 13.6 Å². The van der Waals surface area contributed by atoms with Crippen molar-refractivity contribution >= 4 is 38.1 Å². The van der Waals surface area contributed by atoms with Gasteiger partial charge in [0, 0.05) is 16.0 Å². The molecule has 0 aliphatic heterocycles. The van der Waals surface area contributed by atoms with Crippen molar-refractivity contribution < 1.29 is 13.6 Å². The number of pyridine rings is 1. The molecule has 0 saturated heterocycles. The lowest BCUT2D eigenvalue weighted by Gasteiger charge is -2.08. The first-order valence-corrected chi connectivity index (χ1v) is 5.49. The molecule has 0 aliphatic rings. The quantitative estimate of drug-likeness (QED) is 0.628. The predicted molar refractivity (Wildman–Crippen MR) is 54.9 cm³/mol. The molecule has 0 bridgehead atoms. The molecule has 0 amide bonds. The van der Waals surface area contributed by atoms with Gasteiger partial charge >= 0.3 is 0 Å². The minimum atomic E-state index is -2.71. The zero-order chi connectivity index (χ0) is 10.7. The van der Waals surface area contributed by atoms with Crippen LogP contribution >= 0.6 is 31.9 Å². The number of hydrogen-bond acceptors (Lipinski definition) is 2. The number of nitrogens with zero attached hydrogens (tertiary/aromatic N) is 1. The average molecular weight is 329 g/mol. The summed E-state index contributed by atoms with van der Waals surface area (Å²) in [5.74, 6) is 0. The predicted octanol–water partition coefficient (Wildman–Crippen LogP) is 3.49. The van der Waals surface area contributed by atoms with Crippen molar-refractivity contribution in [3.63, 3.8) is 0 Å². The topological polar surface area (TPSA) is 30.0 Å². The first-order valence-electron chi connectivity index (χ1n) is 3.58. The summed E-state index contributed by atoms with van der Waals surface area (Å²) >= 11 is 6.16. The lowest BCUT2D eigenvalue weighted by molar-refractivity contribution is 0.110. The molecule has 0 N–H and O–H groups in total. The third kappa shape index (κ3) is 2.17. The van der Waals surface area contributed by atoms with Gasteiger partial charge in [0.15, 0.2) is 6.29 Å². The molecule has 0 spiro atoms. The van der Waals surface area contributed by atoms with Crippen LogP contribution in [-0.4, -0.2) is 11.3 Å². The summed E-state index contributed by atoms with van der Waals surface area (Å²) in [5.41, 5.74) is 0.0134. The second-order valence-corrected chi connectivity index (χ2v) is 3.80. The maximum absolute atomic E-state index is 12.5. The first-order chi connectivity index (χ1) is 6.61. The largest absolute Gasteiger partial charge is 0.296 e. The molecule has 0 fully saturated rings. The standard InChI is InChI=1S/C8H5Br2F2NO/c9-1-4-2-13-5(3-14)6(7(4)10)8(11)12/h2-3,8H,1H2. The second-order valence-electron chi connectivity index (χ2n) is 2.45. The van der Waals surface area contributed by atoms with E-state index in [-0.39, 0.29) is 15.7 Å². The van der Waals surface area contributed by atoms with Crippen LogP contribution in [0.4, 0.5) is 8.78 Å². The fourth-order valence-corrected chi connectivity index (χ4v) is 2.37. The summed E-state index contributed by atoms with van der Waals surface area (Å²) < 4.78 is 25.3. The van der Waals surface area contributed by atoms with Crippen LogP contribution in [0.1, 0.15) is 28.0 Å². The highest BCUT2D eigenvalue weighted by Crippen LogP contribution is 2.32. The Labute approximate surface area is 96.0 Å². The maximum atomic E-state index is 12.5. The van der Waals surface area contributed by atoms with Crippen molar-refractivity contribution in [3.05, 3.63) is 27.5 Å². The fraction of sp³-hybridized carbons (Fsp3) is 0.250. The van der Waals surface area contributed by atoms with Crippen LogP contribution in [0, 0.1) is 0 Å². The molecular formula is C8H5Br2F2NO. The van der Waals surface area contributed by atoms with Crippen molar-refractivity contribution in [2.45, 2.75) is 11.8 Å². The highest BCUT2D eigenvalue weighted by Gasteiger charge is 2.19. The number of rotatable bonds is 3. The lowest BCUT2D eigenvalue weighted by Crippen LogP contribution is -2.01. The Kier molecular flexibility index (Phi) is 4.12. The number of hydrogen-bond donors (Lipinski definition) is 0. The van der Waals surface area contributed by atoms with Crippen molar-refractivity contribution in [2.75, 3.05) is 0 Å². The van der Waals surface area contributed by atoms with Crippen molar-refractivity contribution in [2.24, 2.45) is 0 Å². The smallest absolute Gasteiger partial charge is 0.267 e. The second kappa shape index (κ2) is 4.93. The van der Waals surface area contributed by atoms with E-state index in [0.717, 1.165) is 0 Å².